The maximum atomic E-state index is 13.6. The fourth-order valence-electron chi connectivity index (χ4n) is 5.54. The lowest BCUT2D eigenvalue weighted by Gasteiger charge is -2.44. The zero-order chi connectivity index (χ0) is 27.3. The van der Waals surface area contributed by atoms with Crippen LogP contribution in [0, 0.1) is 11.8 Å². The number of methoxy groups -OCH3 is 1. The minimum absolute atomic E-state index is 0.147. The molecule has 1 saturated carbocycles. The molecule has 38 heavy (non-hydrogen) atoms. The first-order chi connectivity index (χ1) is 18.2. The lowest BCUT2D eigenvalue weighted by atomic mass is 9.64. The van der Waals surface area contributed by atoms with E-state index in [4.69, 9.17) is 15.2 Å². The third kappa shape index (κ3) is 6.36. The SMILES string of the molecule is COc1ccc([C@H](Sc2ccccc2N)[C@@H](O)C(=O)OC2CC(C)CCC2C(C)(C)c2ccccc2)cc1. The van der Waals surface area contributed by atoms with Gasteiger partial charge < -0.3 is 20.3 Å². The van der Waals surface area contributed by atoms with E-state index in [0.29, 0.717) is 17.4 Å². The topological polar surface area (TPSA) is 81.8 Å². The van der Waals surface area contributed by atoms with Crippen LogP contribution in [0.25, 0.3) is 0 Å². The summed E-state index contributed by atoms with van der Waals surface area (Å²) in [4.78, 5) is 14.4. The van der Waals surface area contributed by atoms with Gasteiger partial charge >= 0.3 is 5.97 Å². The molecule has 202 valence electrons. The molecular weight excluding hydrogens is 494 g/mol. The third-order valence-electron chi connectivity index (χ3n) is 7.91. The van der Waals surface area contributed by atoms with Crippen LogP contribution in [0.5, 0.6) is 5.75 Å². The average Bonchev–Trinajstić information content (AvgIpc) is 2.92. The number of anilines is 1. The number of thioether (sulfide) groups is 1. The summed E-state index contributed by atoms with van der Waals surface area (Å²) in [5, 5.41) is 10.8. The molecule has 3 aromatic rings. The summed E-state index contributed by atoms with van der Waals surface area (Å²) in [6.45, 7) is 6.67. The average molecular weight is 534 g/mol. The van der Waals surface area contributed by atoms with Crippen LogP contribution in [0.3, 0.4) is 0 Å². The molecule has 0 aromatic heterocycles. The number of carbonyl (C=O) groups excluding carboxylic acids is 1. The van der Waals surface area contributed by atoms with Crippen LogP contribution in [-0.4, -0.2) is 30.4 Å². The maximum Gasteiger partial charge on any atom is 0.336 e. The number of benzene rings is 3. The molecule has 0 amide bonds. The number of para-hydroxylation sites is 1. The Morgan fingerprint density at radius 3 is 2.32 bits per heavy atom. The van der Waals surface area contributed by atoms with Crippen LogP contribution in [0.2, 0.25) is 0 Å². The molecule has 3 unspecified atom stereocenters. The number of aliphatic hydroxyl groups excluding tert-OH is 1. The van der Waals surface area contributed by atoms with Gasteiger partial charge in [0.25, 0.3) is 0 Å². The van der Waals surface area contributed by atoms with Crippen molar-refractivity contribution < 1.29 is 19.4 Å². The van der Waals surface area contributed by atoms with Gasteiger partial charge in [-0.25, -0.2) is 4.79 Å². The van der Waals surface area contributed by atoms with Crippen molar-refractivity contribution in [1.29, 1.82) is 0 Å². The monoisotopic (exact) mass is 533 g/mol. The van der Waals surface area contributed by atoms with Gasteiger partial charge in [0.2, 0.25) is 0 Å². The van der Waals surface area contributed by atoms with Crippen LogP contribution < -0.4 is 10.5 Å². The Morgan fingerprint density at radius 2 is 1.66 bits per heavy atom. The van der Waals surface area contributed by atoms with E-state index in [2.05, 4.69) is 45.0 Å². The van der Waals surface area contributed by atoms with Gasteiger partial charge in [-0.1, -0.05) is 81.8 Å². The van der Waals surface area contributed by atoms with E-state index in [9.17, 15) is 9.90 Å². The minimum Gasteiger partial charge on any atom is -0.497 e. The molecule has 0 aliphatic heterocycles. The Morgan fingerprint density at radius 1 is 1.00 bits per heavy atom. The lowest BCUT2D eigenvalue weighted by molar-refractivity contribution is -0.166. The van der Waals surface area contributed by atoms with E-state index in [1.807, 2.05) is 54.6 Å². The number of hydrogen-bond donors (Lipinski definition) is 2. The number of hydrogen-bond acceptors (Lipinski definition) is 6. The fraction of sp³-hybridized carbons (Fsp3) is 0.406. The van der Waals surface area contributed by atoms with Crippen LogP contribution >= 0.6 is 11.8 Å². The van der Waals surface area contributed by atoms with Gasteiger partial charge in [0, 0.05) is 16.5 Å². The number of ether oxygens (including phenoxy) is 2. The zero-order valence-electron chi connectivity index (χ0n) is 22.7. The predicted octanol–water partition coefficient (Wildman–Crippen LogP) is 6.80. The van der Waals surface area contributed by atoms with Crippen molar-refractivity contribution in [2.75, 3.05) is 12.8 Å². The Labute approximate surface area is 230 Å². The normalized spacial score (nSPS) is 21.3. The number of nitrogens with two attached hydrogens (primary N) is 1. The zero-order valence-corrected chi connectivity index (χ0v) is 23.5. The molecule has 0 heterocycles. The molecule has 1 fully saturated rings. The molecule has 6 heteroatoms. The van der Waals surface area contributed by atoms with Crippen molar-refractivity contribution in [2.24, 2.45) is 11.8 Å². The highest BCUT2D eigenvalue weighted by molar-refractivity contribution is 7.99. The molecule has 3 aromatic carbocycles. The summed E-state index contributed by atoms with van der Waals surface area (Å²) in [6, 6.07) is 25.3. The Bertz CT molecular complexity index is 1200. The molecule has 1 aliphatic rings. The minimum atomic E-state index is -1.37. The number of nitrogen functional groups attached to an aromatic ring is 1. The highest BCUT2D eigenvalue weighted by Gasteiger charge is 2.43. The number of rotatable bonds is 9. The van der Waals surface area contributed by atoms with Crippen molar-refractivity contribution in [3.05, 3.63) is 90.0 Å². The molecule has 0 bridgehead atoms. The highest BCUT2D eigenvalue weighted by Crippen LogP contribution is 2.45. The van der Waals surface area contributed by atoms with Crippen LogP contribution in [0.15, 0.2) is 83.8 Å². The van der Waals surface area contributed by atoms with E-state index < -0.39 is 17.3 Å². The van der Waals surface area contributed by atoms with Crippen LogP contribution in [-0.2, 0) is 14.9 Å². The molecule has 0 spiro atoms. The number of esters is 1. The molecule has 3 N–H and O–H groups in total. The van der Waals surface area contributed by atoms with Gasteiger partial charge in [0.1, 0.15) is 11.9 Å². The smallest absolute Gasteiger partial charge is 0.336 e. The van der Waals surface area contributed by atoms with Crippen LogP contribution in [0.1, 0.15) is 56.4 Å². The van der Waals surface area contributed by atoms with Gasteiger partial charge in [-0.05, 0) is 59.6 Å². The summed E-state index contributed by atoms with van der Waals surface area (Å²) in [7, 11) is 1.61. The van der Waals surface area contributed by atoms with Gasteiger partial charge in [-0.3, -0.25) is 0 Å². The van der Waals surface area contributed by atoms with Crippen molar-refractivity contribution in [3.8, 4) is 5.75 Å². The summed E-state index contributed by atoms with van der Waals surface area (Å²) in [6.07, 6.45) is 1.19. The molecule has 5 nitrogen and oxygen atoms in total. The van der Waals surface area contributed by atoms with Crippen molar-refractivity contribution >= 4 is 23.4 Å². The predicted molar refractivity (Wildman–Crippen MR) is 154 cm³/mol. The first kappa shape index (κ1) is 28.1. The molecule has 4 rings (SSSR count). The van der Waals surface area contributed by atoms with Gasteiger partial charge in [-0.2, -0.15) is 0 Å². The second-order valence-corrected chi connectivity index (χ2v) is 12.1. The molecule has 0 saturated heterocycles. The van der Waals surface area contributed by atoms with E-state index in [0.717, 1.165) is 29.7 Å². The standard InChI is InChI=1S/C32H39NO4S/c1-21-14-19-25(32(2,3)23-10-6-5-7-11-23)27(20-21)37-31(35)29(34)30(22-15-17-24(36-4)18-16-22)38-28-13-9-8-12-26(28)33/h5-13,15-18,21,25,27,29-30,34H,14,19-20,33H2,1-4H3/t21?,25?,27?,29-,30+/m1/s1. The van der Waals surface area contributed by atoms with E-state index in [-0.39, 0.29) is 17.4 Å². The fourth-order valence-corrected chi connectivity index (χ4v) is 6.71. The van der Waals surface area contributed by atoms with E-state index in [1.54, 1.807) is 7.11 Å². The van der Waals surface area contributed by atoms with E-state index >= 15 is 0 Å². The quantitative estimate of drug-likeness (QED) is 0.179. The highest BCUT2D eigenvalue weighted by atomic mass is 32.2. The molecule has 5 atom stereocenters. The molecular formula is C32H39NO4S. The number of aliphatic hydroxyl groups is 1. The first-order valence-corrected chi connectivity index (χ1v) is 14.2. The van der Waals surface area contributed by atoms with Gasteiger partial charge in [0.05, 0.1) is 12.4 Å². The Kier molecular flexibility index (Phi) is 9.06. The summed E-state index contributed by atoms with van der Waals surface area (Å²) >= 11 is 1.37. The van der Waals surface area contributed by atoms with Gasteiger partial charge in [0.15, 0.2) is 6.10 Å². The summed E-state index contributed by atoms with van der Waals surface area (Å²) in [5.74, 6) is 0.703. The molecule has 1 aliphatic carbocycles. The second kappa shape index (κ2) is 12.3. The molecule has 0 radical (unpaired) electrons. The summed E-state index contributed by atoms with van der Waals surface area (Å²) in [5.41, 5.74) is 8.66. The van der Waals surface area contributed by atoms with Gasteiger partial charge in [-0.15, -0.1) is 11.8 Å². The van der Waals surface area contributed by atoms with Crippen molar-refractivity contribution in [1.82, 2.24) is 0 Å². The van der Waals surface area contributed by atoms with Crippen molar-refractivity contribution in [3.63, 3.8) is 0 Å². The lowest BCUT2D eigenvalue weighted by Crippen LogP contribution is -2.45. The Balaban J connectivity index is 1.59. The largest absolute Gasteiger partial charge is 0.497 e. The maximum absolute atomic E-state index is 13.6. The number of carbonyl (C=O) groups is 1. The third-order valence-corrected chi connectivity index (χ3v) is 9.32. The first-order valence-electron chi connectivity index (χ1n) is 13.3. The summed E-state index contributed by atoms with van der Waals surface area (Å²) < 4.78 is 11.5. The van der Waals surface area contributed by atoms with E-state index in [1.165, 1.54) is 17.3 Å². The Hall–Kier alpha value is -2.96. The van der Waals surface area contributed by atoms with Crippen molar-refractivity contribution in [2.45, 2.75) is 67.8 Å². The second-order valence-electron chi connectivity index (χ2n) is 10.9. The van der Waals surface area contributed by atoms with Crippen LogP contribution in [0.4, 0.5) is 5.69 Å².